The Hall–Kier alpha value is -2.69. The second-order valence-electron chi connectivity index (χ2n) is 6.41. The van der Waals surface area contributed by atoms with Crippen LogP contribution in [0, 0.1) is 0 Å². The zero-order valence-corrected chi connectivity index (χ0v) is 14.7. The number of hydrogen-bond acceptors (Lipinski definition) is 3. The first kappa shape index (κ1) is 17.1. The summed E-state index contributed by atoms with van der Waals surface area (Å²) in [6.07, 6.45) is 1.11. The molecule has 132 valence electrons. The van der Waals surface area contributed by atoms with Crippen molar-refractivity contribution in [2.24, 2.45) is 10.7 Å². The van der Waals surface area contributed by atoms with Gasteiger partial charge in [-0.05, 0) is 56.2 Å². The Morgan fingerprint density at radius 1 is 1.24 bits per heavy atom. The summed E-state index contributed by atoms with van der Waals surface area (Å²) in [7, 11) is 0. The first-order valence-electron chi connectivity index (χ1n) is 8.67. The van der Waals surface area contributed by atoms with Gasteiger partial charge < -0.3 is 20.5 Å². The van der Waals surface area contributed by atoms with Crippen LogP contribution in [0.3, 0.4) is 0 Å². The number of anilines is 1. The summed E-state index contributed by atoms with van der Waals surface area (Å²) in [6, 6.07) is 15.8. The highest BCUT2D eigenvalue weighted by molar-refractivity contribution is 5.92. The quantitative estimate of drug-likeness (QED) is 0.643. The average Bonchev–Trinajstić information content (AvgIpc) is 2.61. The summed E-state index contributed by atoms with van der Waals surface area (Å²) in [5.74, 6) is 2.56. The molecule has 0 amide bonds. The average molecular weight is 339 g/mol. The van der Waals surface area contributed by atoms with Gasteiger partial charge in [0, 0.05) is 18.2 Å². The van der Waals surface area contributed by atoms with Crippen LogP contribution in [0.4, 0.5) is 5.69 Å². The fraction of sp³-hybridized carbons (Fsp3) is 0.350. The van der Waals surface area contributed by atoms with Gasteiger partial charge in [-0.2, -0.15) is 0 Å². The molecule has 0 fully saturated rings. The van der Waals surface area contributed by atoms with Gasteiger partial charge in [-0.1, -0.05) is 18.2 Å². The predicted molar refractivity (Wildman–Crippen MR) is 102 cm³/mol. The van der Waals surface area contributed by atoms with E-state index in [0.29, 0.717) is 18.4 Å². The summed E-state index contributed by atoms with van der Waals surface area (Å²) in [5, 5.41) is 3.13. The molecule has 3 rings (SSSR count). The molecular weight excluding hydrogens is 314 g/mol. The fourth-order valence-corrected chi connectivity index (χ4v) is 2.89. The molecule has 1 aliphatic heterocycles. The van der Waals surface area contributed by atoms with Crippen molar-refractivity contribution < 1.29 is 9.47 Å². The molecule has 1 atom stereocenters. The van der Waals surface area contributed by atoms with E-state index in [2.05, 4.69) is 16.4 Å². The highest BCUT2D eigenvalue weighted by atomic mass is 16.5. The summed E-state index contributed by atoms with van der Waals surface area (Å²) < 4.78 is 11.3. The van der Waals surface area contributed by atoms with Gasteiger partial charge in [-0.3, -0.25) is 4.99 Å². The Bertz CT molecular complexity index is 726. The summed E-state index contributed by atoms with van der Waals surface area (Å²) in [6.45, 7) is 5.38. The molecule has 0 bridgehead atoms. The van der Waals surface area contributed by atoms with Crippen LogP contribution in [0.15, 0.2) is 53.5 Å². The molecule has 0 saturated heterocycles. The van der Waals surface area contributed by atoms with E-state index in [0.717, 1.165) is 30.2 Å². The fourth-order valence-electron chi connectivity index (χ4n) is 2.89. The van der Waals surface area contributed by atoms with Crippen LogP contribution in [0.1, 0.15) is 31.7 Å². The Morgan fingerprint density at radius 3 is 2.76 bits per heavy atom. The third-order valence-electron chi connectivity index (χ3n) is 4.06. The number of para-hydroxylation sites is 1. The van der Waals surface area contributed by atoms with Crippen molar-refractivity contribution in [1.82, 2.24) is 0 Å². The van der Waals surface area contributed by atoms with E-state index in [1.165, 1.54) is 5.56 Å². The van der Waals surface area contributed by atoms with E-state index in [-0.39, 0.29) is 6.10 Å². The van der Waals surface area contributed by atoms with E-state index in [4.69, 9.17) is 15.2 Å². The Morgan fingerprint density at radius 2 is 2.00 bits per heavy atom. The Balaban J connectivity index is 1.59. The van der Waals surface area contributed by atoms with Gasteiger partial charge in [0.05, 0.1) is 12.7 Å². The van der Waals surface area contributed by atoms with E-state index < -0.39 is 0 Å². The molecule has 5 nitrogen and oxygen atoms in total. The van der Waals surface area contributed by atoms with Crippen molar-refractivity contribution in [2.75, 3.05) is 18.5 Å². The number of hydrogen-bond donors (Lipinski definition) is 2. The van der Waals surface area contributed by atoms with Crippen LogP contribution in [0.5, 0.6) is 11.5 Å². The van der Waals surface area contributed by atoms with Gasteiger partial charge in [0.2, 0.25) is 0 Å². The van der Waals surface area contributed by atoms with Crippen molar-refractivity contribution in [3.05, 3.63) is 54.1 Å². The lowest BCUT2D eigenvalue weighted by Crippen LogP contribution is -2.24. The van der Waals surface area contributed by atoms with Crippen molar-refractivity contribution in [3.8, 4) is 11.5 Å². The number of benzene rings is 2. The minimum Gasteiger partial charge on any atom is -0.493 e. The van der Waals surface area contributed by atoms with Crippen molar-refractivity contribution in [3.63, 3.8) is 0 Å². The molecule has 25 heavy (non-hydrogen) atoms. The first-order valence-corrected chi connectivity index (χ1v) is 8.67. The molecule has 1 heterocycles. The minimum atomic E-state index is 0.160. The van der Waals surface area contributed by atoms with Gasteiger partial charge in [-0.15, -0.1) is 0 Å². The molecular formula is C20H25N3O2. The molecule has 1 aliphatic rings. The predicted octanol–water partition coefficient (Wildman–Crippen LogP) is 3.77. The van der Waals surface area contributed by atoms with Crippen LogP contribution < -0.4 is 20.5 Å². The third kappa shape index (κ3) is 4.66. The number of fused-ring (bicyclic) bond motifs is 1. The van der Waals surface area contributed by atoms with Gasteiger partial charge in [0.15, 0.2) is 5.96 Å². The smallest absolute Gasteiger partial charge is 0.193 e. The maximum atomic E-state index is 6.04. The summed E-state index contributed by atoms with van der Waals surface area (Å²) in [5.41, 5.74) is 8.14. The number of nitrogens with one attached hydrogen (secondary N) is 1. The van der Waals surface area contributed by atoms with Crippen LogP contribution in [0.2, 0.25) is 0 Å². The molecule has 2 aromatic carbocycles. The summed E-state index contributed by atoms with van der Waals surface area (Å²) in [4.78, 5) is 4.51. The Labute approximate surface area is 148 Å². The zero-order chi connectivity index (χ0) is 17.6. The topological polar surface area (TPSA) is 68.9 Å². The largest absolute Gasteiger partial charge is 0.493 e. The van der Waals surface area contributed by atoms with Crippen LogP contribution >= 0.6 is 0 Å². The molecule has 3 N–H and O–H groups in total. The molecule has 0 saturated carbocycles. The number of rotatable bonds is 5. The van der Waals surface area contributed by atoms with E-state index in [1.807, 2.05) is 56.3 Å². The molecule has 1 unspecified atom stereocenters. The van der Waals surface area contributed by atoms with Gasteiger partial charge in [0.25, 0.3) is 0 Å². The number of nitrogens with two attached hydrogens (primary N) is 1. The maximum Gasteiger partial charge on any atom is 0.193 e. The lowest BCUT2D eigenvalue weighted by atomic mass is 9.93. The maximum absolute atomic E-state index is 6.04. The van der Waals surface area contributed by atoms with Crippen LogP contribution in [-0.2, 0) is 0 Å². The number of nitrogens with zero attached hydrogens (tertiary/aromatic N) is 1. The Kier molecular flexibility index (Phi) is 5.43. The lowest BCUT2D eigenvalue weighted by Gasteiger charge is -2.24. The summed E-state index contributed by atoms with van der Waals surface area (Å²) >= 11 is 0. The number of ether oxygens (including phenoxy) is 2. The minimum absolute atomic E-state index is 0.160. The third-order valence-corrected chi connectivity index (χ3v) is 4.06. The van der Waals surface area contributed by atoms with E-state index in [1.54, 1.807) is 0 Å². The number of aliphatic imine (C=N–C) groups is 1. The molecule has 0 aromatic heterocycles. The van der Waals surface area contributed by atoms with Gasteiger partial charge >= 0.3 is 0 Å². The highest BCUT2D eigenvalue weighted by Gasteiger charge is 2.20. The van der Waals surface area contributed by atoms with Crippen LogP contribution in [-0.4, -0.2) is 25.2 Å². The van der Waals surface area contributed by atoms with E-state index in [9.17, 15) is 0 Å². The normalized spacial score (nSPS) is 16.9. The molecule has 0 aliphatic carbocycles. The lowest BCUT2D eigenvalue weighted by molar-refractivity contribution is 0.242. The van der Waals surface area contributed by atoms with Crippen molar-refractivity contribution in [1.29, 1.82) is 0 Å². The standard InChI is InChI=1S/C20H25N3O2/c1-14(2)25-17-9-7-16(8-10-17)23-20(21)22-13-15-11-12-24-19-6-4-3-5-18(15)19/h3-10,14-15H,11-13H2,1-2H3,(H3,21,22,23). The highest BCUT2D eigenvalue weighted by Crippen LogP contribution is 2.33. The number of guanidine groups is 1. The van der Waals surface area contributed by atoms with Gasteiger partial charge in [-0.25, -0.2) is 0 Å². The molecule has 2 aromatic rings. The zero-order valence-electron chi connectivity index (χ0n) is 14.7. The van der Waals surface area contributed by atoms with Crippen molar-refractivity contribution in [2.45, 2.75) is 32.3 Å². The van der Waals surface area contributed by atoms with Crippen LogP contribution in [0.25, 0.3) is 0 Å². The van der Waals surface area contributed by atoms with Crippen molar-refractivity contribution >= 4 is 11.6 Å². The molecule has 5 heteroatoms. The SMILES string of the molecule is CC(C)Oc1ccc(NC(N)=NCC2CCOc3ccccc32)cc1. The second-order valence-corrected chi connectivity index (χ2v) is 6.41. The molecule has 0 radical (unpaired) electrons. The first-order chi connectivity index (χ1) is 12.1. The van der Waals surface area contributed by atoms with Gasteiger partial charge in [0.1, 0.15) is 11.5 Å². The monoisotopic (exact) mass is 339 g/mol. The van der Waals surface area contributed by atoms with E-state index >= 15 is 0 Å². The second kappa shape index (κ2) is 7.92. The molecule has 0 spiro atoms.